The van der Waals surface area contributed by atoms with E-state index in [4.69, 9.17) is 9.72 Å². The van der Waals surface area contributed by atoms with E-state index in [2.05, 4.69) is 33.7 Å². The summed E-state index contributed by atoms with van der Waals surface area (Å²) in [5, 5.41) is 16.5. The lowest BCUT2D eigenvalue weighted by Crippen LogP contribution is -2.51. The van der Waals surface area contributed by atoms with Crippen LogP contribution in [0.25, 0.3) is 38.9 Å². The lowest BCUT2D eigenvalue weighted by molar-refractivity contribution is 0.188. The highest BCUT2D eigenvalue weighted by atomic mass is 19.1. The molecule has 4 aromatic rings. The quantitative estimate of drug-likeness (QED) is 0.342. The van der Waals surface area contributed by atoms with E-state index in [0.29, 0.717) is 52.6 Å². The molecule has 0 saturated carbocycles. The zero-order valence-electron chi connectivity index (χ0n) is 22.7. The van der Waals surface area contributed by atoms with Crippen LogP contribution >= 0.6 is 0 Å². The first-order valence-electron chi connectivity index (χ1n) is 14.2. The number of fused-ring (bicyclic) bond motifs is 4. The summed E-state index contributed by atoms with van der Waals surface area (Å²) in [5.74, 6) is 0.313. The van der Waals surface area contributed by atoms with Gasteiger partial charge in [-0.2, -0.15) is 9.97 Å². The molecule has 3 atom stereocenters. The van der Waals surface area contributed by atoms with Gasteiger partial charge < -0.3 is 25.0 Å². The number of hydrogen-bond acceptors (Lipinski definition) is 7. The molecule has 7 rings (SSSR count). The first kappa shape index (κ1) is 25.2. The second kappa shape index (κ2) is 10.0. The van der Waals surface area contributed by atoms with Crippen LogP contribution in [0.3, 0.4) is 0 Å². The Hall–Kier alpha value is -3.75. The SMILES string of the molecule is C=Cc1cc2c(N3CC4CCC(C3)N4)nc(OC[C@@H]3CCCN3C)nc2c(F)c1-c1cc(O)cc2ccccc12. The fraction of sp³-hybridized carbons (Fsp3) is 0.375. The van der Waals surface area contributed by atoms with Crippen LogP contribution in [0.5, 0.6) is 11.8 Å². The van der Waals surface area contributed by atoms with Crippen molar-refractivity contribution in [3.05, 3.63) is 60.4 Å². The van der Waals surface area contributed by atoms with Crippen molar-refractivity contribution in [2.24, 2.45) is 0 Å². The number of likely N-dealkylation sites (N-methyl/N-ethyl adjacent to an activating group) is 1. The molecule has 2 unspecified atom stereocenters. The van der Waals surface area contributed by atoms with Crippen LogP contribution in [0, 0.1) is 5.82 Å². The van der Waals surface area contributed by atoms with Gasteiger partial charge in [0.25, 0.3) is 0 Å². The molecule has 0 amide bonds. The number of anilines is 1. The van der Waals surface area contributed by atoms with Gasteiger partial charge in [0.1, 0.15) is 23.7 Å². The number of benzene rings is 3. The lowest BCUT2D eigenvalue weighted by atomic mass is 9.92. The van der Waals surface area contributed by atoms with E-state index < -0.39 is 5.82 Å². The van der Waals surface area contributed by atoms with Crippen molar-refractivity contribution in [3.8, 4) is 22.9 Å². The van der Waals surface area contributed by atoms with Crippen LogP contribution in [-0.4, -0.2) is 71.4 Å². The predicted octanol–water partition coefficient (Wildman–Crippen LogP) is 5.35. The van der Waals surface area contributed by atoms with E-state index in [1.54, 1.807) is 18.2 Å². The number of halogens is 1. The van der Waals surface area contributed by atoms with Crippen LogP contribution in [0.4, 0.5) is 10.2 Å². The smallest absolute Gasteiger partial charge is 0.319 e. The molecule has 2 N–H and O–H groups in total. The molecule has 2 bridgehead atoms. The van der Waals surface area contributed by atoms with E-state index in [1.807, 2.05) is 30.3 Å². The number of ether oxygens (including phenoxy) is 1. The molecule has 1 aromatic heterocycles. The Morgan fingerprint density at radius 1 is 1.10 bits per heavy atom. The normalized spacial score (nSPS) is 22.9. The maximum atomic E-state index is 16.8. The molecule has 4 heterocycles. The first-order chi connectivity index (χ1) is 19.5. The minimum absolute atomic E-state index is 0.0765. The predicted molar refractivity (Wildman–Crippen MR) is 157 cm³/mol. The maximum absolute atomic E-state index is 16.8. The number of phenols is 1. The Morgan fingerprint density at radius 3 is 2.65 bits per heavy atom. The summed E-state index contributed by atoms with van der Waals surface area (Å²) in [6, 6.07) is 14.2. The summed E-state index contributed by atoms with van der Waals surface area (Å²) >= 11 is 0. The largest absolute Gasteiger partial charge is 0.508 e. The summed E-state index contributed by atoms with van der Waals surface area (Å²) in [5.41, 5.74) is 1.81. The minimum atomic E-state index is -0.465. The van der Waals surface area contributed by atoms with Crippen molar-refractivity contribution in [2.75, 3.05) is 38.2 Å². The summed E-state index contributed by atoms with van der Waals surface area (Å²) in [7, 11) is 2.10. The molecule has 7 nitrogen and oxygen atoms in total. The Morgan fingerprint density at radius 2 is 1.90 bits per heavy atom. The lowest BCUT2D eigenvalue weighted by Gasteiger charge is -2.34. The molecule has 3 saturated heterocycles. The number of likely N-dealkylation sites (tertiary alicyclic amines) is 1. The van der Waals surface area contributed by atoms with Crippen molar-refractivity contribution < 1.29 is 14.2 Å². The summed E-state index contributed by atoms with van der Waals surface area (Å²) < 4.78 is 23.0. The molecule has 0 aliphatic carbocycles. The third-order valence-electron chi connectivity index (χ3n) is 8.85. The van der Waals surface area contributed by atoms with Crippen LogP contribution in [0.1, 0.15) is 31.2 Å². The first-order valence-corrected chi connectivity index (χ1v) is 14.2. The number of piperazine rings is 1. The van der Waals surface area contributed by atoms with E-state index >= 15 is 4.39 Å². The number of hydrogen-bond donors (Lipinski definition) is 2. The molecule has 40 heavy (non-hydrogen) atoms. The highest BCUT2D eigenvalue weighted by Crippen LogP contribution is 2.41. The summed E-state index contributed by atoms with van der Waals surface area (Å²) in [6.45, 7) is 7.13. The van der Waals surface area contributed by atoms with E-state index in [9.17, 15) is 5.11 Å². The van der Waals surface area contributed by atoms with E-state index in [0.717, 1.165) is 56.1 Å². The molecular weight excluding hydrogens is 505 g/mol. The zero-order valence-corrected chi connectivity index (χ0v) is 22.7. The van der Waals surface area contributed by atoms with Crippen molar-refractivity contribution in [2.45, 2.75) is 43.8 Å². The molecule has 8 heteroatoms. The fourth-order valence-electron chi connectivity index (χ4n) is 6.78. The standard InChI is InChI=1S/C32H34FN5O2/c1-3-19-14-27-30(29(33)28(19)26-15-24(39)13-20-7-4-5-9-25(20)26)35-32(40-18-23-8-6-12-37(23)2)36-31(27)38-16-21-10-11-22(17-38)34-21/h3-5,7,9,13-15,21-23,34,39H,1,6,8,10-12,16-18H2,2H3/t21?,22?,23-/m0/s1. The molecule has 3 aromatic carbocycles. The monoisotopic (exact) mass is 539 g/mol. The minimum Gasteiger partial charge on any atom is -0.508 e. The Bertz CT molecular complexity index is 1610. The van der Waals surface area contributed by atoms with Gasteiger partial charge in [-0.25, -0.2) is 4.39 Å². The number of aromatic hydroxyl groups is 1. The molecule has 3 aliphatic heterocycles. The van der Waals surface area contributed by atoms with Gasteiger partial charge in [0.05, 0.1) is 0 Å². The van der Waals surface area contributed by atoms with Crippen LogP contribution < -0.4 is 15.0 Å². The summed E-state index contributed by atoms with van der Waals surface area (Å²) in [6.07, 6.45) is 6.12. The highest BCUT2D eigenvalue weighted by molar-refractivity contribution is 6.04. The zero-order chi connectivity index (χ0) is 27.4. The fourth-order valence-corrected chi connectivity index (χ4v) is 6.78. The Kier molecular flexibility index (Phi) is 6.32. The number of aromatic nitrogens is 2. The van der Waals surface area contributed by atoms with Gasteiger partial charge in [-0.05, 0) is 79.4 Å². The Labute approximate surface area is 233 Å². The number of nitrogens with one attached hydrogen (secondary N) is 1. The van der Waals surface area contributed by atoms with Gasteiger partial charge in [0.2, 0.25) is 0 Å². The second-order valence-corrected chi connectivity index (χ2v) is 11.4. The van der Waals surface area contributed by atoms with E-state index in [-0.39, 0.29) is 17.3 Å². The molecule has 0 radical (unpaired) electrons. The van der Waals surface area contributed by atoms with Crippen molar-refractivity contribution in [1.82, 2.24) is 20.2 Å². The van der Waals surface area contributed by atoms with Crippen molar-refractivity contribution in [3.63, 3.8) is 0 Å². The van der Waals surface area contributed by atoms with Gasteiger partial charge in [-0.3, -0.25) is 0 Å². The van der Waals surface area contributed by atoms with Crippen LogP contribution in [0.2, 0.25) is 0 Å². The van der Waals surface area contributed by atoms with Gasteiger partial charge in [0, 0.05) is 42.2 Å². The van der Waals surface area contributed by atoms with Gasteiger partial charge in [-0.1, -0.05) is 36.9 Å². The van der Waals surface area contributed by atoms with Crippen LogP contribution in [0.15, 0.2) is 49.0 Å². The number of rotatable bonds is 6. The average molecular weight is 540 g/mol. The number of nitrogens with zero attached hydrogens (tertiary/aromatic N) is 4. The molecule has 3 aliphatic rings. The van der Waals surface area contributed by atoms with Crippen LogP contribution in [-0.2, 0) is 0 Å². The number of phenolic OH excluding ortho intramolecular Hbond substituents is 1. The van der Waals surface area contributed by atoms with Gasteiger partial charge >= 0.3 is 6.01 Å². The molecular formula is C32H34FN5O2. The van der Waals surface area contributed by atoms with E-state index in [1.165, 1.54) is 0 Å². The van der Waals surface area contributed by atoms with Crippen molar-refractivity contribution >= 4 is 33.6 Å². The maximum Gasteiger partial charge on any atom is 0.319 e. The third kappa shape index (κ3) is 4.35. The summed E-state index contributed by atoms with van der Waals surface area (Å²) in [4.78, 5) is 14.1. The van der Waals surface area contributed by atoms with Gasteiger partial charge in [0.15, 0.2) is 5.82 Å². The molecule has 206 valence electrons. The highest BCUT2D eigenvalue weighted by Gasteiger charge is 2.34. The third-order valence-corrected chi connectivity index (χ3v) is 8.85. The molecule has 3 fully saturated rings. The van der Waals surface area contributed by atoms with Gasteiger partial charge in [-0.15, -0.1) is 0 Å². The van der Waals surface area contributed by atoms with Crippen molar-refractivity contribution in [1.29, 1.82) is 0 Å². The topological polar surface area (TPSA) is 73.8 Å². The Balaban J connectivity index is 1.41. The second-order valence-electron chi connectivity index (χ2n) is 11.4. The average Bonchev–Trinajstić information content (AvgIpc) is 3.53. The molecule has 0 spiro atoms.